The van der Waals surface area contributed by atoms with E-state index in [0.29, 0.717) is 23.4 Å². The van der Waals surface area contributed by atoms with Crippen LogP contribution in [-0.4, -0.2) is 27.4 Å². The summed E-state index contributed by atoms with van der Waals surface area (Å²) in [5, 5.41) is 6.16. The topological polar surface area (TPSA) is 87.3 Å². The molecule has 0 heterocycles. The lowest BCUT2D eigenvalue weighted by molar-refractivity contribution is 0.0953. The molecule has 162 valence electrons. The van der Waals surface area contributed by atoms with Crippen LogP contribution in [0, 0.1) is 13.8 Å². The number of anilines is 2. The minimum absolute atomic E-state index is 0.230. The molecule has 3 aromatic rings. The summed E-state index contributed by atoms with van der Waals surface area (Å²) in [7, 11) is -3.75. The van der Waals surface area contributed by atoms with Crippen LogP contribution in [0.15, 0.2) is 77.7 Å². The summed E-state index contributed by atoms with van der Waals surface area (Å²) in [6.07, 6.45) is 0.763. The summed E-state index contributed by atoms with van der Waals surface area (Å²) in [4.78, 5) is 12.7. The number of nitrogens with one attached hydrogen (secondary N) is 3. The van der Waals surface area contributed by atoms with E-state index in [0.717, 1.165) is 24.2 Å². The second-order valence-corrected chi connectivity index (χ2v) is 9.01. The van der Waals surface area contributed by atoms with Crippen LogP contribution in [0.25, 0.3) is 0 Å². The third-order valence-corrected chi connectivity index (χ3v) is 6.28. The molecule has 0 aliphatic heterocycles. The summed E-state index contributed by atoms with van der Waals surface area (Å²) in [6.45, 7) is 4.85. The molecular weight excluding hydrogens is 410 g/mol. The summed E-state index contributed by atoms with van der Waals surface area (Å²) >= 11 is 0. The van der Waals surface area contributed by atoms with Gasteiger partial charge >= 0.3 is 0 Å². The molecular formula is C24H27N3O3S. The second-order valence-electron chi connectivity index (χ2n) is 7.36. The third-order valence-electron chi connectivity index (χ3n) is 4.75. The van der Waals surface area contributed by atoms with Gasteiger partial charge in [0.05, 0.1) is 4.90 Å². The van der Waals surface area contributed by atoms with E-state index in [9.17, 15) is 13.2 Å². The maximum absolute atomic E-state index is 12.8. The smallest absolute Gasteiger partial charge is 0.262 e. The van der Waals surface area contributed by atoms with E-state index < -0.39 is 10.0 Å². The molecule has 31 heavy (non-hydrogen) atoms. The van der Waals surface area contributed by atoms with Gasteiger partial charge in [0.1, 0.15) is 0 Å². The van der Waals surface area contributed by atoms with Crippen molar-refractivity contribution in [3.05, 3.63) is 89.5 Å². The lowest BCUT2D eigenvalue weighted by Gasteiger charge is -2.12. The van der Waals surface area contributed by atoms with Crippen LogP contribution in [-0.2, 0) is 10.0 Å². The number of aryl methyl sites for hydroxylation is 2. The highest BCUT2D eigenvalue weighted by molar-refractivity contribution is 7.92. The molecule has 0 fully saturated rings. The number of hydrogen-bond donors (Lipinski definition) is 3. The molecule has 0 bridgehead atoms. The van der Waals surface area contributed by atoms with E-state index >= 15 is 0 Å². The Kier molecular flexibility index (Phi) is 7.31. The number of sulfonamides is 1. The van der Waals surface area contributed by atoms with E-state index in [1.54, 1.807) is 43.3 Å². The van der Waals surface area contributed by atoms with Crippen molar-refractivity contribution in [2.24, 2.45) is 0 Å². The van der Waals surface area contributed by atoms with E-state index in [-0.39, 0.29) is 10.8 Å². The van der Waals surface area contributed by atoms with Crippen molar-refractivity contribution in [2.75, 3.05) is 23.1 Å². The number of amides is 1. The molecule has 0 atom stereocenters. The minimum atomic E-state index is -3.75. The summed E-state index contributed by atoms with van der Waals surface area (Å²) < 4.78 is 28.2. The van der Waals surface area contributed by atoms with Crippen molar-refractivity contribution in [1.29, 1.82) is 0 Å². The van der Waals surface area contributed by atoms with Crippen LogP contribution in [0.3, 0.4) is 0 Å². The molecule has 0 unspecified atom stereocenters. The monoisotopic (exact) mass is 437 g/mol. The van der Waals surface area contributed by atoms with Crippen molar-refractivity contribution in [3.8, 4) is 0 Å². The van der Waals surface area contributed by atoms with Gasteiger partial charge in [-0.15, -0.1) is 0 Å². The van der Waals surface area contributed by atoms with Crippen molar-refractivity contribution < 1.29 is 13.2 Å². The average Bonchev–Trinajstić information content (AvgIpc) is 2.75. The highest BCUT2D eigenvalue weighted by atomic mass is 32.2. The maximum atomic E-state index is 12.8. The molecule has 0 saturated carbocycles. The Morgan fingerprint density at radius 2 is 1.58 bits per heavy atom. The first kappa shape index (κ1) is 22.4. The maximum Gasteiger partial charge on any atom is 0.262 e. The van der Waals surface area contributed by atoms with Crippen LogP contribution in [0.1, 0.15) is 27.9 Å². The van der Waals surface area contributed by atoms with Gasteiger partial charge in [-0.1, -0.05) is 36.4 Å². The Morgan fingerprint density at radius 1 is 0.839 bits per heavy atom. The Balaban J connectivity index is 1.56. The normalized spacial score (nSPS) is 11.0. The highest BCUT2D eigenvalue weighted by Crippen LogP contribution is 2.21. The molecule has 0 spiro atoms. The first-order valence-electron chi connectivity index (χ1n) is 10.1. The first-order valence-corrected chi connectivity index (χ1v) is 11.6. The Hall–Kier alpha value is -3.32. The van der Waals surface area contributed by atoms with E-state index in [4.69, 9.17) is 0 Å². The fourth-order valence-corrected chi connectivity index (χ4v) is 4.49. The summed E-state index contributed by atoms with van der Waals surface area (Å²) in [5.74, 6) is -0.243. The zero-order valence-corrected chi connectivity index (χ0v) is 18.5. The van der Waals surface area contributed by atoms with Gasteiger partial charge in [-0.2, -0.15) is 0 Å². The SMILES string of the molecule is Cc1ccc(C)c(S(=O)(=O)Nc2cccc(C(=O)NCCCNc3ccccc3)c2)c1. The predicted molar refractivity (Wildman–Crippen MR) is 125 cm³/mol. The quantitative estimate of drug-likeness (QED) is 0.435. The molecule has 1 amide bonds. The number of para-hydroxylation sites is 1. The highest BCUT2D eigenvalue weighted by Gasteiger charge is 2.17. The first-order chi connectivity index (χ1) is 14.8. The van der Waals surface area contributed by atoms with Crippen molar-refractivity contribution in [2.45, 2.75) is 25.2 Å². The average molecular weight is 438 g/mol. The molecule has 3 aromatic carbocycles. The van der Waals surface area contributed by atoms with Crippen LogP contribution < -0.4 is 15.4 Å². The van der Waals surface area contributed by atoms with Crippen LogP contribution in [0.5, 0.6) is 0 Å². The Labute approximate surface area is 183 Å². The van der Waals surface area contributed by atoms with Crippen molar-refractivity contribution in [1.82, 2.24) is 5.32 Å². The van der Waals surface area contributed by atoms with Crippen molar-refractivity contribution >= 4 is 27.3 Å². The molecule has 0 aliphatic carbocycles. The molecule has 0 aromatic heterocycles. The van der Waals surface area contributed by atoms with E-state index in [1.165, 1.54) is 0 Å². The van der Waals surface area contributed by atoms with Gasteiger partial charge in [-0.3, -0.25) is 9.52 Å². The zero-order chi connectivity index (χ0) is 22.3. The molecule has 6 nitrogen and oxygen atoms in total. The lowest BCUT2D eigenvalue weighted by atomic mass is 10.2. The van der Waals surface area contributed by atoms with Crippen molar-refractivity contribution in [3.63, 3.8) is 0 Å². The summed E-state index contributed by atoms with van der Waals surface area (Å²) in [6, 6.07) is 21.6. The van der Waals surface area contributed by atoms with Gasteiger partial charge in [0.2, 0.25) is 0 Å². The number of rotatable bonds is 9. The van der Waals surface area contributed by atoms with Gasteiger partial charge in [0.15, 0.2) is 0 Å². The predicted octanol–water partition coefficient (Wildman–Crippen LogP) is 4.34. The zero-order valence-electron chi connectivity index (χ0n) is 17.7. The molecule has 0 aliphatic rings. The van der Waals surface area contributed by atoms with E-state index in [1.807, 2.05) is 43.3 Å². The van der Waals surface area contributed by atoms with Gasteiger partial charge in [-0.05, 0) is 67.8 Å². The Morgan fingerprint density at radius 3 is 2.35 bits per heavy atom. The van der Waals surface area contributed by atoms with Gasteiger partial charge in [0, 0.05) is 30.0 Å². The van der Waals surface area contributed by atoms with Gasteiger partial charge in [-0.25, -0.2) is 8.42 Å². The number of hydrogen-bond acceptors (Lipinski definition) is 4. The summed E-state index contributed by atoms with van der Waals surface area (Å²) in [5.41, 5.74) is 3.31. The third kappa shape index (κ3) is 6.33. The molecule has 3 N–H and O–H groups in total. The van der Waals surface area contributed by atoms with Crippen LogP contribution in [0.4, 0.5) is 11.4 Å². The molecule has 0 radical (unpaired) electrons. The van der Waals surface area contributed by atoms with Crippen LogP contribution in [0.2, 0.25) is 0 Å². The van der Waals surface area contributed by atoms with Gasteiger partial charge in [0.25, 0.3) is 15.9 Å². The fourth-order valence-electron chi connectivity index (χ4n) is 3.11. The van der Waals surface area contributed by atoms with Gasteiger partial charge < -0.3 is 10.6 Å². The standard InChI is InChI=1S/C24H27N3O3S/c1-18-12-13-19(2)23(16-18)31(29,30)27-22-11-6-8-20(17-22)24(28)26-15-7-14-25-21-9-4-3-5-10-21/h3-6,8-13,16-17,25,27H,7,14-15H2,1-2H3,(H,26,28). The largest absolute Gasteiger partial charge is 0.385 e. The Bertz CT molecular complexity index is 1150. The second kappa shape index (κ2) is 10.1. The number of carbonyl (C=O) groups excluding carboxylic acids is 1. The molecule has 7 heteroatoms. The lowest BCUT2D eigenvalue weighted by Crippen LogP contribution is -2.26. The molecule has 0 saturated heterocycles. The number of benzene rings is 3. The molecule has 3 rings (SSSR count). The minimum Gasteiger partial charge on any atom is -0.385 e. The fraction of sp³-hybridized carbons (Fsp3) is 0.208. The van der Waals surface area contributed by atoms with Crippen LogP contribution >= 0.6 is 0 Å². The van der Waals surface area contributed by atoms with E-state index in [2.05, 4.69) is 15.4 Å². The number of carbonyl (C=O) groups is 1.